The van der Waals surface area contributed by atoms with Gasteiger partial charge in [0.15, 0.2) is 0 Å². The molecule has 3 aliphatic rings. The Morgan fingerprint density at radius 2 is 1.75 bits per heavy atom. The van der Waals surface area contributed by atoms with E-state index >= 15 is 0 Å². The van der Waals surface area contributed by atoms with Crippen molar-refractivity contribution < 1.29 is 48.0 Å². The fourth-order valence-electron chi connectivity index (χ4n) is 5.05. The Balaban J connectivity index is 0.00000140. The predicted molar refractivity (Wildman–Crippen MR) is 108 cm³/mol. The minimum Gasteiger partial charge on any atom is -1.00 e. The number of hydrogen-bond acceptors (Lipinski definition) is 0. The summed E-state index contributed by atoms with van der Waals surface area (Å²) in [6.45, 7) is 7.07. The van der Waals surface area contributed by atoms with Crippen molar-refractivity contribution in [3.05, 3.63) is 79.2 Å². The van der Waals surface area contributed by atoms with Gasteiger partial charge in [0.25, 0.3) is 0 Å². The molecule has 0 spiro atoms. The van der Waals surface area contributed by atoms with Crippen molar-refractivity contribution in [2.75, 3.05) is 0 Å². The van der Waals surface area contributed by atoms with Crippen molar-refractivity contribution in [2.45, 2.75) is 68.8 Å². The van der Waals surface area contributed by atoms with Crippen molar-refractivity contribution in [3.63, 3.8) is 0 Å². The van der Waals surface area contributed by atoms with Gasteiger partial charge < -0.3 is 24.8 Å². The van der Waals surface area contributed by atoms with Gasteiger partial charge >= 0.3 is 171 Å². The fourth-order valence-corrected chi connectivity index (χ4v) is 9.33. The molecule has 3 aliphatic carbocycles. The van der Waals surface area contributed by atoms with Crippen LogP contribution < -0.4 is 24.8 Å². The Bertz CT molecular complexity index is 814. The smallest absolute Gasteiger partial charge is 1.00 e. The molecule has 0 saturated heterocycles. The summed E-state index contributed by atoms with van der Waals surface area (Å²) < 4.78 is 2.68. The molecule has 28 heavy (non-hydrogen) atoms. The molecule has 0 amide bonds. The molecule has 3 heteroatoms. The van der Waals surface area contributed by atoms with E-state index in [1.807, 2.05) is 8.85 Å². The first-order valence-corrected chi connectivity index (χ1v) is 13.0. The molecule has 4 rings (SSSR count). The SMILES string of the molecule is CCC1=C(CC)C[C]([Zr+2][CH]2C(C)=CC3=C2CCCC3c2ccccc2)=C1.[Cl-].[Cl-]. The van der Waals surface area contributed by atoms with Crippen LogP contribution in [0.1, 0.15) is 70.8 Å². The van der Waals surface area contributed by atoms with E-state index in [0.717, 1.165) is 3.63 Å². The van der Waals surface area contributed by atoms with Gasteiger partial charge in [0.2, 0.25) is 0 Å². The maximum Gasteiger partial charge on any atom is -1.00 e. The molecular formula is C25H30Cl2Zr. The normalized spacial score (nSPS) is 23.4. The molecular weight excluding hydrogens is 462 g/mol. The van der Waals surface area contributed by atoms with E-state index in [-0.39, 0.29) is 24.8 Å². The summed E-state index contributed by atoms with van der Waals surface area (Å²) in [6, 6.07) is 11.2. The zero-order chi connectivity index (χ0) is 18.1. The third-order valence-corrected chi connectivity index (χ3v) is 10.8. The molecule has 1 aromatic rings. The summed E-state index contributed by atoms with van der Waals surface area (Å²) in [7, 11) is 0. The summed E-state index contributed by atoms with van der Waals surface area (Å²) in [5.74, 6) is 0.646. The monoisotopic (exact) mass is 490 g/mol. The molecule has 1 aromatic carbocycles. The maximum absolute atomic E-state index is 2.61. The minimum absolute atomic E-state index is 0. The van der Waals surface area contributed by atoms with E-state index in [1.165, 1.54) is 44.1 Å². The maximum atomic E-state index is 2.61. The van der Waals surface area contributed by atoms with E-state index in [0.29, 0.717) is 5.92 Å². The molecule has 0 N–H and O–H groups in total. The Hall–Kier alpha value is -0.357. The summed E-state index contributed by atoms with van der Waals surface area (Å²) in [4.78, 5) is 0. The molecule has 0 radical (unpaired) electrons. The molecule has 2 atom stereocenters. The summed E-state index contributed by atoms with van der Waals surface area (Å²) in [6.07, 6.45) is 13.0. The van der Waals surface area contributed by atoms with E-state index < -0.39 is 23.2 Å². The Labute approximate surface area is 195 Å². The van der Waals surface area contributed by atoms with Crippen LogP contribution in [0.5, 0.6) is 0 Å². The van der Waals surface area contributed by atoms with Crippen LogP contribution in [0.25, 0.3) is 0 Å². The Morgan fingerprint density at radius 1 is 1.00 bits per heavy atom. The number of hydrogen-bond donors (Lipinski definition) is 0. The van der Waals surface area contributed by atoms with E-state index in [9.17, 15) is 0 Å². The average molecular weight is 493 g/mol. The largest absolute Gasteiger partial charge is 1.00 e. The van der Waals surface area contributed by atoms with Crippen LogP contribution in [-0.2, 0) is 23.2 Å². The van der Waals surface area contributed by atoms with Gasteiger partial charge in [-0.05, 0) is 0 Å². The number of halogens is 2. The van der Waals surface area contributed by atoms with E-state index in [2.05, 4.69) is 63.3 Å². The molecule has 2 unspecified atom stereocenters. The van der Waals surface area contributed by atoms with Gasteiger partial charge in [-0.3, -0.25) is 0 Å². The van der Waals surface area contributed by atoms with Crippen LogP contribution >= 0.6 is 0 Å². The summed E-state index contributed by atoms with van der Waals surface area (Å²) in [5.41, 5.74) is 10.1. The first-order valence-electron chi connectivity index (χ1n) is 10.3. The fraction of sp³-hybridized carbons (Fsp3) is 0.440. The van der Waals surface area contributed by atoms with Gasteiger partial charge in [-0.15, -0.1) is 0 Å². The van der Waals surface area contributed by atoms with Crippen LogP contribution in [0.3, 0.4) is 0 Å². The second-order valence-corrected chi connectivity index (χ2v) is 11.7. The van der Waals surface area contributed by atoms with E-state index in [1.54, 1.807) is 22.3 Å². The Morgan fingerprint density at radius 3 is 2.39 bits per heavy atom. The topological polar surface area (TPSA) is 0 Å². The van der Waals surface area contributed by atoms with Crippen molar-refractivity contribution in [2.24, 2.45) is 0 Å². The van der Waals surface area contributed by atoms with Crippen LogP contribution in [0.4, 0.5) is 0 Å². The van der Waals surface area contributed by atoms with Gasteiger partial charge in [0.1, 0.15) is 0 Å². The molecule has 0 bridgehead atoms. The molecule has 0 fully saturated rings. The van der Waals surface area contributed by atoms with Crippen molar-refractivity contribution in [3.8, 4) is 0 Å². The third kappa shape index (κ3) is 4.69. The quantitative estimate of drug-likeness (QED) is 0.585. The van der Waals surface area contributed by atoms with Gasteiger partial charge in [-0.25, -0.2) is 0 Å². The van der Waals surface area contributed by atoms with E-state index in [4.69, 9.17) is 0 Å². The second kappa shape index (κ2) is 10.6. The third-order valence-electron chi connectivity index (χ3n) is 6.42. The number of allylic oxidation sites excluding steroid dienone is 8. The molecule has 148 valence electrons. The summed E-state index contributed by atoms with van der Waals surface area (Å²) >= 11 is -0.573. The van der Waals surface area contributed by atoms with Gasteiger partial charge in [-0.2, -0.15) is 0 Å². The molecule has 0 aliphatic heterocycles. The van der Waals surface area contributed by atoms with Gasteiger partial charge in [0, 0.05) is 0 Å². The Kier molecular flexibility index (Phi) is 9.06. The number of benzene rings is 1. The van der Waals surface area contributed by atoms with Gasteiger partial charge in [0.05, 0.1) is 0 Å². The van der Waals surface area contributed by atoms with Gasteiger partial charge in [-0.1, -0.05) is 0 Å². The molecule has 0 nitrogen and oxygen atoms in total. The van der Waals surface area contributed by atoms with Crippen LogP contribution in [0.15, 0.2) is 73.6 Å². The minimum atomic E-state index is -0.573. The van der Waals surface area contributed by atoms with Crippen molar-refractivity contribution in [1.29, 1.82) is 0 Å². The summed E-state index contributed by atoms with van der Waals surface area (Å²) in [5, 5.41) is 0. The van der Waals surface area contributed by atoms with Crippen LogP contribution in [0, 0.1) is 0 Å². The molecule has 0 aromatic heterocycles. The predicted octanol–water partition coefficient (Wildman–Crippen LogP) is 1.49. The van der Waals surface area contributed by atoms with Crippen LogP contribution in [0.2, 0.25) is 3.63 Å². The average Bonchev–Trinajstić information content (AvgIpc) is 3.23. The standard InChI is InChI=1S/C16H17.C9H13.2ClH.Zr/c1-12-10-14-8-5-9-15(16(14)11-12)13-6-3-2-4-7-13;1-3-8-6-5-7-9(8)4-2;;;/h2-4,6-7,10-11,15H,5,8-9H2,1H3;6H,3-4,7H2,1-2H3;2*1H;/q;;;;+2/p-2. The number of rotatable bonds is 5. The molecule has 0 heterocycles. The second-order valence-electron chi connectivity index (χ2n) is 7.98. The zero-order valence-corrected chi connectivity index (χ0v) is 21.2. The first kappa shape index (κ1) is 23.9. The van der Waals surface area contributed by atoms with Crippen molar-refractivity contribution in [1.82, 2.24) is 0 Å². The van der Waals surface area contributed by atoms with Crippen molar-refractivity contribution >= 4 is 0 Å². The van der Waals surface area contributed by atoms with Crippen LogP contribution in [-0.4, -0.2) is 0 Å². The zero-order valence-electron chi connectivity index (χ0n) is 17.2. The first-order chi connectivity index (χ1) is 12.7. The molecule has 0 saturated carbocycles.